The van der Waals surface area contributed by atoms with Crippen molar-refractivity contribution < 1.29 is 0 Å². The van der Waals surface area contributed by atoms with Gasteiger partial charge in [0.15, 0.2) is 0 Å². The van der Waals surface area contributed by atoms with Gasteiger partial charge in [0.25, 0.3) is 5.56 Å². The van der Waals surface area contributed by atoms with Gasteiger partial charge in [-0.05, 0) is 43.5 Å². The van der Waals surface area contributed by atoms with Crippen LogP contribution in [0.3, 0.4) is 0 Å². The van der Waals surface area contributed by atoms with Crippen molar-refractivity contribution >= 4 is 27.0 Å². The zero-order valence-electron chi connectivity index (χ0n) is 12.3. The van der Waals surface area contributed by atoms with Crippen molar-refractivity contribution in [2.24, 2.45) is 0 Å². The average Bonchev–Trinajstić information content (AvgIpc) is 2.90. The van der Waals surface area contributed by atoms with Crippen molar-refractivity contribution in [1.29, 1.82) is 5.26 Å². The van der Waals surface area contributed by atoms with Crippen molar-refractivity contribution in [2.75, 3.05) is 0 Å². The number of rotatable bonds is 1. The van der Waals surface area contributed by atoms with E-state index in [2.05, 4.69) is 27.0 Å². The number of benzene rings is 1. The van der Waals surface area contributed by atoms with Crippen molar-refractivity contribution in [2.45, 2.75) is 25.8 Å². The minimum absolute atomic E-state index is 0.123. The van der Waals surface area contributed by atoms with Crippen LogP contribution in [0.15, 0.2) is 39.9 Å². The van der Waals surface area contributed by atoms with Crippen LogP contribution in [-0.2, 0) is 13.0 Å². The predicted octanol–water partition coefficient (Wildman–Crippen LogP) is 3.16. The van der Waals surface area contributed by atoms with Gasteiger partial charge in [-0.25, -0.2) is 4.98 Å². The number of nitriles is 1. The zero-order valence-corrected chi connectivity index (χ0v) is 13.9. The molecule has 114 valence electrons. The Labute approximate surface area is 140 Å². The molecule has 1 aliphatic rings. The molecule has 0 aliphatic carbocycles. The molecule has 0 atom stereocenters. The van der Waals surface area contributed by atoms with Crippen LogP contribution in [0.2, 0.25) is 0 Å². The molecule has 0 amide bonds. The second kappa shape index (κ2) is 5.36. The Kier molecular flexibility index (Phi) is 3.31. The molecule has 6 heteroatoms. The second-order valence-corrected chi connectivity index (χ2v) is 6.55. The van der Waals surface area contributed by atoms with Crippen LogP contribution in [0.4, 0.5) is 0 Å². The fourth-order valence-electron chi connectivity index (χ4n) is 3.25. The van der Waals surface area contributed by atoms with Crippen LogP contribution in [-0.4, -0.2) is 14.1 Å². The third kappa shape index (κ3) is 2.12. The Hall–Kier alpha value is -2.39. The molecule has 0 bridgehead atoms. The molecule has 23 heavy (non-hydrogen) atoms. The van der Waals surface area contributed by atoms with E-state index in [4.69, 9.17) is 0 Å². The molecule has 1 aromatic carbocycles. The molecule has 0 radical (unpaired) electrons. The molecular formula is C17H13BrN4O. The van der Waals surface area contributed by atoms with Crippen LogP contribution < -0.4 is 5.56 Å². The van der Waals surface area contributed by atoms with Crippen LogP contribution >= 0.6 is 15.9 Å². The van der Waals surface area contributed by atoms with Gasteiger partial charge in [-0.3, -0.25) is 9.36 Å². The first-order valence-electron chi connectivity index (χ1n) is 7.49. The minimum atomic E-state index is -0.123. The van der Waals surface area contributed by atoms with Crippen LogP contribution in [0.25, 0.3) is 16.7 Å². The quantitative estimate of drug-likeness (QED) is 0.662. The number of fused-ring (bicyclic) bond motifs is 3. The summed E-state index contributed by atoms with van der Waals surface area (Å²) in [5, 5.41) is 9.47. The summed E-state index contributed by atoms with van der Waals surface area (Å²) in [4.78, 5) is 17.4. The molecule has 4 rings (SSSR count). The maximum Gasteiger partial charge on any atom is 0.282 e. The summed E-state index contributed by atoms with van der Waals surface area (Å²) < 4.78 is 4.48. The fourth-order valence-corrected chi connectivity index (χ4v) is 3.51. The molecule has 0 unspecified atom stereocenters. The second-order valence-electron chi connectivity index (χ2n) is 5.64. The number of aryl methyl sites for hydroxylation is 1. The van der Waals surface area contributed by atoms with Gasteiger partial charge >= 0.3 is 0 Å². The zero-order chi connectivity index (χ0) is 16.0. The highest BCUT2D eigenvalue weighted by Crippen LogP contribution is 2.27. The molecule has 3 heterocycles. The number of hydrogen-bond acceptors (Lipinski definition) is 3. The minimum Gasteiger partial charge on any atom is -0.337 e. The molecule has 1 aliphatic heterocycles. The third-order valence-corrected chi connectivity index (χ3v) is 4.86. The van der Waals surface area contributed by atoms with E-state index < -0.39 is 0 Å². The molecule has 0 saturated carbocycles. The Morgan fingerprint density at radius 3 is 2.74 bits per heavy atom. The standard InChI is InChI=1S/C17H13BrN4O/c18-11-4-6-12(7-5-11)22-10-20-15-13(9-19)14-3-1-2-8-21(14)16(15)17(22)23/h4-7,10H,1-3,8H2. The normalized spacial score (nSPS) is 13.7. The Balaban J connectivity index is 2.04. The van der Waals surface area contributed by atoms with E-state index in [1.807, 2.05) is 28.8 Å². The number of hydrogen-bond donors (Lipinski definition) is 0. The molecule has 0 fully saturated rings. The van der Waals surface area contributed by atoms with E-state index in [-0.39, 0.29) is 5.56 Å². The van der Waals surface area contributed by atoms with E-state index in [1.165, 1.54) is 10.9 Å². The number of halogens is 1. The lowest BCUT2D eigenvalue weighted by atomic mass is 10.1. The van der Waals surface area contributed by atoms with Gasteiger partial charge in [0.1, 0.15) is 23.4 Å². The number of aromatic nitrogens is 3. The molecule has 0 saturated heterocycles. The first-order chi connectivity index (χ1) is 11.2. The summed E-state index contributed by atoms with van der Waals surface area (Å²) in [6.07, 6.45) is 4.41. The Morgan fingerprint density at radius 2 is 2.00 bits per heavy atom. The third-order valence-electron chi connectivity index (χ3n) is 4.33. The molecule has 2 aromatic heterocycles. The maximum atomic E-state index is 13.0. The van der Waals surface area contributed by atoms with Crippen molar-refractivity contribution in [1.82, 2.24) is 14.1 Å². The summed E-state index contributed by atoms with van der Waals surface area (Å²) in [6.45, 7) is 0.773. The van der Waals surface area contributed by atoms with Crippen LogP contribution in [0.1, 0.15) is 24.1 Å². The highest BCUT2D eigenvalue weighted by Gasteiger charge is 2.23. The summed E-state index contributed by atoms with van der Waals surface area (Å²) >= 11 is 3.40. The SMILES string of the molecule is N#Cc1c2n(c3c(=O)n(-c4ccc(Br)cc4)cnc13)CCCC2. The van der Waals surface area contributed by atoms with Gasteiger partial charge in [0, 0.05) is 16.7 Å². The van der Waals surface area contributed by atoms with E-state index in [0.717, 1.165) is 41.7 Å². The molecule has 0 N–H and O–H groups in total. The topological polar surface area (TPSA) is 63.6 Å². The van der Waals surface area contributed by atoms with E-state index in [9.17, 15) is 10.1 Å². The summed E-state index contributed by atoms with van der Waals surface area (Å²) in [5.74, 6) is 0. The van der Waals surface area contributed by atoms with Gasteiger partial charge < -0.3 is 4.57 Å². The lowest BCUT2D eigenvalue weighted by Crippen LogP contribution is -2.22. The van der Waals surface area contributed by atoms with E-state index in [0.29, 0.717) is 16.6 Å². The lowest BCUT2D eigenvalue weighted by Gasteiger charge is -2.15. The largest absolute Gasteiger partial charge is 0.337 e. The first kappa shape index (κ1) is 14.2. The Bertz CT molecular complexity index is 1010. The predicted molar refractivity (Wildman–Crippen MR) is 90.7 cm³/mol. The Morgan fingerprint density at radius 1 is 1.22 bits per heavy atom. The fraction of sp³-hybridized carbons (Fsp3) is 0.235. The van der Waals surface area contributed by atoms with Crippen molar-refractivity contribution in [3.8, 4) is 11.8 Å². The van der Waals surface area contributed by atoms with Gasteiger partial charge in [-0.2, -0.15) is 5.26 Å². The monoisotopic (exact) mass is 368 g/mol. The lowest BCUT2D eigenvalue weighted by molar-refractivity contribution is 0.542. The molecule has 5 nitrogen and oxygen atoms in total. The van der Waals surface area contributed by atoms with Crippen molar-refractivity contribution in [3.05, 3.63) is 56.7 Å². The van der Waals surface area contributed by atoms with Crippen molar-refractivity contribution in [3.63, 3.8) is 0 Å². The van der Waals surface area contributed by atoms with Gasteiger partial charge in [0.2, 0.25) is 0 Å². The van der Waals surface area contributed by atoms with Gasteiger partial charge in [-0.1, -0.05) is 15.9 Å². The smallest absolute Gasteiger partial charge is 0.282 e. The highest BCUT2D eigenvalue weighted by atomic mass is 79.9. The maximum absolute atomic E-state index is 13.0. The van der Waals surface area contributed by atoms with Gasteiger partial charge in [-0.15, -0.1) is 0 Å². The van der Waals surface area contributed by atoms with Crippen LogP contribution in [0.5, 0.6) is 0 Å². The summed E-state index contributed by atoms with van der Waals surface area (Å²) in [5.41, 5.74) is 3.22. The summed E-state index contributed by atoms with van der Waals surface area (Å²) in [7, 11) is 0. The van der Waals surface area contributed by atoms with Crippen LogP contribution in [0, 0.1) is 11.3 Å². The average molecular weight is 369 g/mol. The van der Waals surface area contributed by atoms with E-state index >= 15 is 0 Å². The highest BCUT2D eigenvalue weighted by molar-refractivity contribution is 9.10. The summed E-state index contributed by atoms with van der Waals surface area (Å²) in [6, 6.07) is 9.74. The van der Waals surface area contributed by atoms with E-state index in [1.54, 1.807) is 0 Å². The number of nitrogens with zero attached hydrogens (tertiary/aromatic N) is 4. The molecule has 3 aromatic rings. The molecular weight excluding hydrogens is 356 g/mol. The molecule has 0 spiro atoms. The van der Waals surface area contributed by atoms with Gasteiger partial charge in [0.05, 0.1) is 11.3 Å². The first-order valence-corrected chi connectivity index (χ1v) is 8.29.